The zero-order chi connectivity index (χ0) is 6.69. The summed E-state index contributed by atoms with van der Waals surface area (Å²) in [5, 5.41) is 8.38. The number of aromatic carboxylic acids is 1. The van der Waals surface area contributed by atoms with E-state index < -0.39 is 5.97 Å². The van der Waals surface area contributed by atoms with Crippen molar-refractivity contribution in [3.63, 3.8) is 0 Å². The Morgan fingerprint density at radius 2 is 1.64 bits per heavy atom. The molecule has 2 nitrogen and oxygen atoms in total. The van der Waals surface area contributed by atoms with E-state index in [1.165, 1.54) is 0 Å². The van der Waals surface area contributed by atoms with Crippen LogP contribution < -0.4 is 0 Å². The molecule has 1 rings (SSSR count). The largest absolute Gasteiger partial charge is 0.478 e. The molecule has 1 aromatic carbocycles. The van der Waals surface area contributed by atoms with Gasteiger partial charge in [0.1, 0.15) is 0 Å². The topological polar surface area (TPSA) is 37.3 Å². The Balaban J connectivity index is 0. The second-order valence-electron chi connectivity index (χ2n) is 1.67. The van der Waals surface area contributed by atoms with Crippen LogP contribution in [0.25, 0.3) is 0 Å². The molecular weight excluding hydrogens is 231 g/mol. The molecule has 0 aromatic heterocycles. The zero-order valence-corrected chi connectivity index (χ0v) is 7.50. The second kappa shape index (κ2) is 6.42. The fourth-order valence-electron chi connectivity index (χ4n) is 0.581. The molecule has 1 aromatic rings. The number of benzene rings is 1. The number of rotatable bonds is 1. The molecule has 0 bridgehead atoms. The standard InChI is InChI=1S/C7H6O2.Fe.Ni/c8-7(9)6-4-2-1-3-5-6;;/h1-5H,(H,8,9);;. The number of carbonyl (C=O) groups is 1. The summed E-state index contributed by atoms with van der Waals surface area (Å²) < 4.78 is 0. The van der Waals surface area contributed by atoms with Crippen molar-refractivity contribution in [3.8, 4) is 0 Å². The van der Waals surface area contributed by atoms with Gasteiger partial charge in [0.05, 0.1) is 5.56 Å². The number of carboxylic acid groups (broad SMARTS) is 1. The average Bonchev–Trinajstić information content (AvgIpc) is 1.90. The molecule has 0 aliphatic heterocycles. The van der Waals surface area contributed by atoms with Gasteiger partial charge in [0.25, 0.3) is 0 Å². The maximum absolute atomic E-state index is 10.2. The van der Waals surface area contributed by atoms with E-state index in [9.17, 15) is 4.79 Å². The molecule has 0 aliphatic carbocycles. The molecule has 0 aliphatic rings. The number of carboxylic acids is 1. The Hall–Kier alpha value is -0.297. The Morgan fingerprint density at radius 3 is 1.91 bits per heavy atom. The molecule has 64 valence electrons. The first-order valence-corrected chi connectivity index (χ1v) is 2.59. The van der Waals surface area contributed by atoms with E-state index in [-0.39, 0.29) is 33.6 Å². The Morgan fingerprint density at radius 1 is 1.18 bits per heavy atom. The van der Waals surface area contributed by atoms with Crippen LogP contribution in [0.1, 0.15) is 10.4 Å². The van der Waals surface area contributed by atoms with Gasteiger partial charge in [-0.3, -0.25) is 0 Å². The van der Waals surface area contributed by atoms with Gasteiger partial charge in [-0.2, -0.15) is 0 Å². The van der Waals surface area contributed by atoms with Gasteiger partial charge >= 0.3 is 5.97 Å². The first-order valence-electron chi connectivity index (χ1n) is 2.59. The van der Waals surface area contributed by atoms with E-state index >= 15 is 0 Å². The van der Waals surface area contributed by atoms with Gasteiger partial charge in [0.2, 0.25) is 0 Å². The summed E-state index contributed by atoms with van der Waals surface area (Å²) in [5.41, 5.74) is 0.331. The fraction of sp³-hybridized carbons (Fsp3) is 0. The predicted molar refractivity (Wildman–Crippen MR) is 33.4 cm³/mol. The van der Waals surface area contributed by atoms with Crippen LogP contribution >= 0.6 is 0 Å². The van der Waals surface area contributed by atoms with E-state index in [1.807, 2.05) is 0 Å². The average molecular weight is 237 g/mol. The van der Waals surface area contributed by atoms with Gasteiger partial charge < -0.3 is 5.11 Å². The van der Waals surface area contributed by atoms with Crippen molar-refractivity contribution >= 4 is 5.97 Å². The van der Waals surface area contributed by atoms with E-state index in [0.717, 1.165) is 0 Å². The quantitative estimate of drug-likeness (QED) is 0.748. The molecule has 0 unspecified atom stereocenters. The third kappa shape index (κ3) is 4.20. The molecule has 0 heterocycles. The van der Waals surface area contributed by atoms with E-state index in [1.54, 1.807) is 30.3 Å². The van der Waals surface area contributed by atoms with Gasteiger partial charge in [-0.1, -0.05) is 18.2 Å². The molecule has 0 fully saturated rings. The number of hydrogen-bond acceptors (Lipinski definition) is 1. The zero-order valence-electron chi connectivity index (χ0n) is 5.41. The van der Waals surface area contributed by atoms with E-state index in [0.29, 0.717) is 5.56 Å². The maximum atomic E-state index is 10.2. The summed E-state index contributed by atoms with van der Waals surface area (Å²) >= 11 is 0. The molecular formula is C7H6FeNiO2. The van der Waals surface area contributed by atoms with Gasteiger partial charge in [0.15, 0.2) is 0 Å². The van der Waals surface area contributed by atoms with Crippen LogP contribution in [0.2, 0.25) is 0 Å². The van der Waals surface area contributed by atoms with Crippen LogP contribution in [0, 0.1) is 0 Å². The summed E-state index contributed by atoms with van der Waals surface area (Å²) in [6.07, 6.45) is 0. The Labute approximate surface area is 85.4 Å². The van der Waals surface area contributed by atoms with Crippen molar-refractivity contribution in [2.45, 2.75) is 0 Å². The molecule has 4 heteroatoms. The SMILES string of the molecule is O=C(O)c1ccccc1.[Fe].[Ni]. The van der Waals surface area contributed by atoms with Crippen molar-refractivity contribution in [1.29, 1.82) is 0 Å². The maximum Gasteiger partial charge on any atom is 0.335 e. The van der Waals surface area contributed by atoms with Crippen LogP contribution in [0.15, 0.2) is 30.3 Å². The van der Waals surface area contributed by atoms with E-state index in [2.05, 4.69) is 0 Å². The molecule has 0 spiro atoms. The van der Waals surface area contributed by atoms with Crippen LogP contribution in [0.4, 0.5) is 0 Å². The van der Waals surface area contributed by atoms with Crippen molar-refractivity contribution in [3.05, 3.63) is 35.9 Å². The molecule has 0 atom stereocenters. The molecule has 0 amide bonds. The van der Waals surface area contributed by atoms with Gasteiger partial charge in [0, 0.05) is 33.6 Å². The summed E-state index contributed by atoms with van der Waals surface area (Å²) in [4.78, 5) is 10.2. The summed E-state index contributed by atoms with van der Waals surface area (Å²) in [6, 6.07) is 8.30. The number of hydrogen-bond donors (Lipinski definition) is 1. The third-order valence-corrected chi connectivity index (χ3v) is 1.02. The molecule has 0 saturated carbocycles. The van der Waals surface area contributed by atoms with Crippen LogP contribution in [-0.2, 0) is 33.6 Å². The first-order chi connectivity index (χ1) is 4.30. The Kier molecular flexibility index (Phi) is 7.76. The first kappa shape index (κ1) is 13.3. The smallest absolute Gasteiger partial charge is 0.335 e. The van der Waals surface area contributed by atoms with Crippen molar-refractivity contribution in [2.24, 2.45) is 0 Å². The van der Waals surface area contributed by atoms with Gasteiger partial charge in [-0.25, -0.2) is 4.79 Å². The van der Waals surface area contributed by atoms with Gasteiger partial charge in [-0.05, 0) is 12.1 Å². The minimum Gasteiger partial charge on any atom is -0.478 e. The van der Waals surface area contributed by atoms with Crippen molar-refractivity contribution in [2.75, 3.05) is 0 Å². The minimum absolute atomic E-state index is 0. The molecule has 0 saturated heterocycles. The fourth-order valence-corrected chi connectivity index (χ4v) is 0.581. The summed E-state index contributed by atoms with van der Waals surface area (Å²) in [7, 11) is 0. The molecule has 11 heavy (non-hydrogen) atoms. The predicted octanol–water partition coefficient (Wildman–Crippen LogP) is 1.38. The van der Waals surface area contributed by atoms with E-state index in [4.69, 9.17) is 5.11 Å². The normalized spacial score (nSPS) is 7.27. The molecule has 1 N–H and O–H groups in total. The van der Waals surface area contributed by atoms with Crippen molar-refractivity contribution < 1.29 is 43.5 Å². The third-order valence-electron chi connectivity index (χ3n) is 1.02. The van der Waals surface area contributed by atoms with Crippen LogP contribution in [0.3, 0.4) is 0 Å². The van der Waals surface area contributed by atoms with Gasteiger partial charge in [-0.15, -0.1) is 0 Å². The van der Waals surface area contributed by atoms with Crippen LogP contribution in [-0.4, -0.2) is 11.1 Å². The minimum atomic E-state index is -0.879. The second-order valence-corrected chi connectivity index (χ2v) is 1.67. The van der Waals surface area contributed by atoms with Crippen LogP contribution in [0.5, 0.6) is 0 Å². The Bertz CT molecular complexity index is 213. The molecule has 0 radical (unpaired) electrons. The summed E-state index contributed by atoms with van der Waals surface area (Å²) in [6.45, 7) is 0. The monoisotopic (exact) mass is 236 g/mol. The van der Waals surface area contributed by atoms with Crippen molar-refractivity contribution in [1.82, 2.24) is 0 Å². The summed E-state index contributed by atoms with van der Waals surface area (Å²) in [5.74, 6) is -0.879.